The molecule has 0 aromatic carbocycles. The Morgan fingerprint density at radius 1 is 0.690 bits per heavy atom. The highest BCUT2D eigenvalue weighted by Crippen LogP contribution is 2.43. The minimum atomic E-state index is 0.0617. The summed E-state index contributed by atoms with van der Waals surface area (Å²) in [4.78, 5) is 0. The van der Waals surface area contributed by atoms with Gasteiger partial charge >= 0.3 is 0 Å². The summed E-state index contributed by atoms with van der Waals surface area (Å²) in [5.41, 5.74) is 0. The third kappa shape index (κ3) is 4.62. The predicted octanol–water partition coefficient (Wildman–Crippen LogP) is 6.02. The summed E-state index contributed by atoms with van der Waals surface area (Å²) in [6, 6.07) is 0. The lowest BCUT2D eigenvalue weighted by Crippen LogP contribution is -2.48. The molecule has 0 aromatic rings. The van der Waals surface area contributed by atoms with Gasteiger partial charge in [-0.3, -0.25) is 0 Å². The number of hydrogen-bond donors (Lipinski definition) is 0. The van der Waals surface area contributed by atoms with Crippen molar-refractivity contribution >= 4 is 0 Å². The van der Waals surface area contributed by atoms with E-state index in [1.54, 1.807) is 0 Å². The van der Waals surface area contributed by atoms with Gasteiger partial charge in [0.1, 0.15) is 24.4 Å². The fourth-order valence-electron chi connectivity index (χ4n) is 6.49. The Hall–Kier alpha value is -0.380. The van der Waals surface area contributed by atoms with E-state index in [1.165, 1.54) is 38.5 Å². The summed E-state index contributed by atoms with van der Waals surface area (Å²) in [6.45, 7) is 14.2. The highest BCUT2D eigenvalue weighted by molar-refractivity contribution is 5.17. The van der Waals surface area contributed by atoms with E-state index in [-0.39, 0.29) is 24.4 Å². The first-order valence-electron chi connectivity index (χ1n) is 12.5. The first-order chi connectivity index (χ1) is 13.8. The molecule has 10 unspecified atom stereocenters. The van der Waals surface area contributed by atoms with E-state index in [0.717, 1.165) is 11.8 Å². The molecule has 29 heavy (non-hydrogen) atoms. The molecular formula is C26H44O3. The molecule has 4 rings (SSSR count). The van der Waals surface area contributed by atoms with Gasteiger partial charge in [-0.25, -0.2) is 0 Å². The van der Waals surface area contributed by atoms with Crippen molar-refractivity contribution in [3.05, 3.63) is 12.2 Å². The second-order valence-corrected chi connectivity index (χ2v) is 11.4. The van der Waals surface area contributed by atoms with Crippen LogP contribution in [0.2, 0.25) is 0 Å². The average molecular weight is 405 g/mol. The molecule has 0 N–H and O–H groups in total. The Balaban J connectivity index is 1.48. The Bertz CT molecular complexity index is 522. The van der Waals surface area contributed by atoms with Crippen LogP contribution in [0, 0.1) is 35.5 Å². The highest BCUT2D eigenvalue weighted by Gasteiger charge is 2.51. The first-order valence-corrected chi connectivity index (χ1v) is 12.5. The van der Waals surface area contributed by atoms with E-state index in [1.807, 2.05) is 0 Å². The summed E-state index contributed by atoms with van der Waals surface area (Å²) in [5, 5.41) is 0. The molecule has 166 valence electrons. The molecule has 2 heterocycles. The molecule has 2 aliphatic heterocycles. The largest absolute Gasteiger partial charge is 0.369 e. The number of rotatable bonds is 6. The van der Waals surface area contributed by atoms with Crippen LogP contribution < -0.4 is 0 Å². The van der Waals surface area contributed by atoms with Crippen molar-refractivity contribution in [2.45, 2.75) is 117 Å². The summed E-state index contributed by atoms with van der Waals surface area (Å²) >= 11 is 0. The van der Waals surface area contributed by atoms with Crippen LogP contribution >= 0.6 is 0 Å². The minimum Gasteiger partial charge on any atom is -0.369 e. The van der Waals surface area contributed by atoms with E-state index < -0.39 is 0 Å². The zero-order valence-electron chi connectivity index (χ0n) is 19.6. The SMILES string of the molecule is CC1CCC(C(C)C)C(OC2C3C=CC(O3)C2OC2CC(C)CCC2C(C)C)C1. The number of fused-ring (bicyclic) bond motifs is 2. The van der Waals surface area contributed by atoms with Crippen LogP contribution in [0.25, 0.3) is 0 Å². The number of ether oxygens (including phenoxy) is 3. The maximum Gasteiger partial charge on any atom is 0.117 e. The van der Waals surface area contributed by atoms with Crippen molar-refractivity contribution in [1.29, 1.82) is 0 Å². The Kier molecular flexibility index (Phi) is 6.78. The molecule has 0 amide bonds. The molecule has 3 heteroatoms. The second-order valence-electron chi connectivity index (χ2n) is 11.4. The standard InChI is InChI=1S/C26H44O3/c1-15(2)19-9-7-17(5)13-23(19)28-25-21-11-12-22(27-21)26(25)29-24-14-18(6)8-10-20(24)16(3)4/h11-12,15-26H,7-10,13-14H2,1-6H3. The molecule has 10 atom stereocenters. The van der Waals surface area contributed by atoms with Crippen molar-refractivity contribution in [1.82, 2.24) is 0 Å². The van der Waals surface area contributed by atoms with Gasteiger partial charge in [0.2, 0.25) is 0 Å². The van der Waals surface area contributed by atoms with E-state index in [2.05, 4.69) is 53.7 Å². The van der Waals surface area contributed by atoms with Crippen LogP contribution in [0.5, 0.6) is 0 Å². The van der Waals surface area contributed by atoms with E-state index in [9.17, 15) is 0 Å². The van der Waals surface area contributed by atoms with Crippen LogP contribution in [0.3, 0.4) is 0 Å². The van der Waals surface area contributed by atoms with Gasteiger partial charge in [-0.05, 0) is 61.2 Å². The van der Waals surface area contributed by atoms with Crippen LogP contribution in [0.15, 0.2) is 12.2 Å². The normalized spacial score (nSPS) is 47.4. The third-order valence-corrected chi connectivity index (χ3v) is 8.36. The molecule has 2 bridgehead atoms. The first kappa shape index (κ1) is 21.8. The molecule has 4 aliphatic rings. The summed E-state index contributed by atoms with van der Waals surface area (Å²) in [6.07, 6.45) is 13.0. The molecular weight excluding hydrogens is 360 g/mol. The molecule has 3 fully saturated rings. The van der Waals surface area contributed by atoms with E-state index in [0.29, 0.717) is 35.9 Å². The summed E-state index contributed by atoms with van der Waals surface area (Å²) in [7, 11) is 0. The van der Waals surface area contributed by atoms with Crippen LogP contribution in [0.4, 0.5) is 0 Å². The van der Waals surface area contributed by atoms with Crippen molar-refractivity contribution in [3.63, 3.8) is 0 Å². The topological polar surface area (TPSA) is 27.7 Å². The third-order valence-electron chi connectivity index (χ3n) is 8.36. The smallest absolute Gasteiger partial charge is 0.117 e. The van der Waals surface area contributed by atoms with Gasteiger partial charge in [-0.1, -0.05) is 66.5 Å². The lowest BCUT2D eigenvalue weighted by molar-refractivity contribution is -0.159. The van der Waals surface area contributed by atoms with Crippen molar-refractivity contribution < 1.29 is 14.2 Å². The van der Waals surface area contributed by atoms with Gasteiger partial charge in [0.25, 0.3) is 0 Å². The van der Waals surface area contributed by atoms with E-state index >= 15 is 0 Å². The summed E-state index contributed by atoms with van der Waals surface area (Å²) in [5.74, 6) is 4.18. The predicted molar refractivity (Wildman–Crippen MR) is 118 cm³/mol. The Labute approximate surface area is 178 Å². The molecule has 0 aromatic heterocycles. The average Bonchev–Trinajstić information content (AvgIpc) is 3.24. The molecule has 1 saturated heterocycles. The summed E-state index contributed by atoms with van der Waals surface area (Å²) < 4.78 is 20.1. The maximum absolute atomic E-state index is 6.91. The fraction of sp³-hybridized carbons (Fsp3) is 0.923. The lowest BCUT2D eigenvalue weighted by Gasteiger charge is -2.42. The van der Waals surface area contributed by atoms with Crippen molar-refractivity contribution in [2.75, 3.05) is 0 Å². The van der Waals surface area contributed by atoms with Crippen LogP contribution in [-0.4, -0.2) is 36.6 Å². The van der Waals surface area contributed by atoms with Crippen LogP contribution in [0.1, 0.15) is 80.1 Å². The van der Waals surface area contributed by atoms with Gasteiger partial charge in [-0.15, -0.1) is 0 Å². The van der Waals surface area contributed by atoms with Gasteiger partial charge in [0, 0.05) is 0 Å². The second kappa shape index (κ2) is 9.01. The van der Waals surface area contributed by atoms with Crippen molar-refractivity contribution in [2.24, 2.45) is 35.5 Å². The zero-order valence-corrected chi connectivity index (χ0v) is 19.6. The Morgan fingerprint density at radius 2 is 1.10 bits per heavy atom. The Morgan fingerprint density at radius 3 is 1.48 bits per heavy atom. The van der Waals surface area contributed by atoms with E-state index in [4.69, 9.17) is 14.2 Å². The van der Waals surface area contributed by atoms with Gasteiger partial charge in [-0.2, -0.15) is 0 Å². The molecule has 0 radical (unpaired) electrons. The number of hydrogen-bond acceptors (Lipinski definition) is 3. The molecule has 0 spiro atoms. The molecule has 3 nitrogen and oxygen atoms in total. The molecule has 2 saturated carbocycles. The minimum absolute atomic E-state index is 0.0617. The zero-order chi connectivity index (χ0) is 20.7. The fourth-order valence-corrected chi connectivity index (χ4v) is 6.49. The molecule has 2 aliphatic carbocycles. The highest BCUT2D eigenvalue weighted by atomic mass is 16.6. The lowest BCUT2D eigenvalue weighted by atomic mass is 9.75. The monoisotopic (exact) mass is 404 g/mol. The van der Waals surface area contributed by atoms with Crippen LogP contribution in [-0.2, 0) is 14.2 Å². The van der Waals surface area contributed by atoms with Gasteiger partial charge in [0.15, 0.2) is 0 Å². The van der Waals surface area contributed by atoms with Gasteiger partial charge in [0.05, 0.1) is 12.2 Å². The maximum atomic E-state index is 6.91. The van der Waals surface area contributed by atoms with Crippen molar-refractivity contribution in [3.8, 4) is 0 Å². The van der Waals surface area contributed by atoms with Gasteiger partial charge < -0.3 is 14.2 Å². The quantitative estimate of drug-likeness (QED) is 0.507.